The number of amides is 1. The van der Waals surface area contributed by atoms with Crippen molar-refractivity contribution in [2.24, 2.45) is 0 Å². The first-order valence-corrected chi connectivity index (χ1v) is 9.82. The van der Waals surface area contributed by atoms with E-state index in [1.165, 1.54) is 13.0 Å². The number of aryl methyl sites for hydroxylation is 2. The summed E-state index contributed by atoms with van der Waals surface area (Å²) in [6.07, 6.45) is -2.08. The molecule has 0 atom stereocenters. The molecule has 154 valence electrons. The van der Waals surface area contributed by atoms with Gasteiger partial charge < -0.3 is 4.90 Å². The van der Waals surface area contributed by atoms with Crippen molar-refractivity contribution in [3.05, 3.63) is 82.0 Å². The molecule has 1 amide bonds. The van der Waals surface area contributed by atoms with Gasteiger partial charge in [-0.2, -0.15) is 13.2 Å². The van der Waals surface area contributed by atoms with Gasteiger partial charge in [-0.25, -0.2) is 0 Å². The second-order valence-electron chi connectivity index (χ2n) is 7.29. The fraction of sp³-hybridized carbons (Fsp3) is 0.217. The lowest BCUT2D eigenvalue weighted by Gasteiger charge is -2.28. The first kappa shape index (κ1) is 20.4. The lowest BCUT2D eigenvalue weighted by molar-refractivity contribution is -0.137. The minimum atomic E-state index is -4.42. The number of pyridine rings is 1. The Morgan fingerprint density at radius 1 is 1.00 bits per heavy atom. The molecule has 0 saturated heterocycles. The van der Waals surface area contributed by atoms with Crippen LogP contribution in [0.1, 0.15) is 29.2 Å². The smallest absolute Gasteiger partial charge is 0.308 e. The predicted molar refractivity (Wildman–Crippen MR) is 110 cm³/mol. The highest BCUT2D eigenvalue weighted by atomic mass is 35.5. The topological polar surface area (TPSA) is 33.2 Å². The van der Waals surface area contributed by atoms with E-state index in [2.05, 4.69) is 4.98 Å². The number of benzene rings is 2. The van der Waals surface area contributed by atoms with Crippen LogP contribution in [0.15, 0.2) is 54.7 Å². The number of alkyl halides is 3. The molecule has 0 bridgehead atoms. The second kappa shape index (κ2) is 7.76. The Bertz CT molecular complexity index is 1110. The number of nitrogens with zero attached hydrogens (tertiary/aromatic N) is 2. The van der Waals surface area contributed by atoms with Crippen LogP contribution in [-0.2, 0) is 30.4 Å². The van der Waals surface area contributed by atoms with Gasteiger partial charge in [0, 0.05) is 29.4 Å². The standard InChI is InChI=1S/C23H18ClF3N2O/c1-14(30)29-13-18-10-16(21-8-6-19(12-28-21)23(25,26)27)4-2-15(18)3-5-17-11-20(24)7-9-22(17)29/h2,4,6-12H,3,5,13H2,1H3. The van der Waals surface area contributed by atoms with Crippen molar-refractivity contribution in [1.82, 2.24) is 4.98 Å². The van der Waals surface area contributed by atoms with Crippen molar-refractivity contribution in [2.45, 2.75) is 32.5 Å². The van der Waals surface area contributed by atoms with Crippen molar-refractivity contribution < 1.29 is 18.0 Å². The van der Waals surface area contributed by atoms with Gasteiger partial charge in [0.15, 0.2) is 0 Å². The van der Waals surface area contributed by atoms with Crippen LogP contribution in [0, 0.1) is 0 Å². The zero-order chi connectivity index (χ0) is 21.5. The lowest BCUT2D eigenvalue weighted by atomic mass is 9.93. The molecule has 4 rings (SSSR count). The normalized spacial score (nSPS) is 13.8. The Hall–Kier alpha value is -2.86. The van der Waals surface area contributed by atoms with E-state index in [0.29, 0.717) is 22.8 Å². The van der Waals surface area contributed by atoms with Gasteiger partial charge in [-0.1, -0.05) is 23.7 Å². The molecule has 0 radical (unpaired) electrons. The molecule has 3 aromatic rings. The summed E-state index contributed by atoms with van der Waals surface area (Å²) in [5.74, 6) is -0.0931. The van der Waals surface area contributed by atoms with Crippen LogP contribution >= 0.6 is 11.6 Å². The van der Waals surface area contributed by atoms with E-state index < -0.39 is 11.7 Å². The molecular weight excluding hydrogens is 413 g/mol. The summed E-state index contributed by atoms with van der Waals surface area (Å²) in [6.45, 7) is 1.88. The third-order valence-electron chi connectivity index (χ3n) is 5.30. The Balaban J connectivity index is 1.71. The molecule has 1 aromatic heterocycles. The summed E-state index contributed by atoms with van der Waals surface area (Å²) in [5.41, 5.74) is 4.26. The van der Waals surface area contributed by atoms with Crippen LogP contribution in [0.5, 0.6) is 0 Å². The van der Waals surface area contributed by atoms with Crippen molar-refractivity contribution >= 4 is 23.2 Å². The number of aromatic nitrogens is 1. The first-order chi connectivity index (χ1) is 14.2. The molecule has 0 saturated carbocycles. The van der Waals surface area contributed by atoms with E-state index >= 15 is 0 Å². The average molecular weight is 431 g/mol. The van der Waals surface area contributed by atoms with Crippen LogP contribution in [0.2, 0.25) is 5.02 Å². The second-order valence-corrected chi connectivity index (χ2v) is 7.73. The molecule has 30 heavy (non-hydrogen) atoms. The van der Waals surface area contributed by atoms with Gasteiger partial charge in [-0.05, 0) is 65.9 Å². The fourth-order valence-corrected chi connectivity index (χ4v) is 3.93. The molecule has 0 unspecified atom stereocenters. The van der Waals surface area contributed by atoms with Crippen molar-refractivity contribution in [3.63, 3.8) is 0 Å². The van der Waals surface area contributed by atoms with E-state index in [0.717, 1.165) is 47.5 Å². The highest BCUT2D eigenvalue weighted by molar-refractivity contribution is 6.30. The van der Waals surface area contributed by atoms with Crippen LogP contribution in [0.25, 0.3) is 11.3 Å². The summed E-state index contributed by atoms with van der Waals surface area (Å²) in [4.78, 5) is 18.1. The molecule has 2 aromatic carbocycles. The number of hydrogen-bond acceptors (Lipinski definition) is 2. The number of hydrogen-bond donors (Lipinski definition) is 0. The molecule has 0 N–H and O–H groups in total. The Morgan fingerprint density at radius 3 is 2.43 bits per heavy atom. The Kier molecular flexibility index (Phi) is 5.28. The number of halogens is 4. The zero-order valence-corrected chi connectivity index (χ0v) is 16.9. The maximum Gasteiger partial charge on any atom is 0.417 e. The summed E-state index contributed by atoms with van der Waals surface area (Å²) in [6, 6.07) is 13.6. The minimum Gasteiger partial charge on any atom is -0.308 e. The molecule has 2 heterocycles. The van der Waals surface area contributed by atoms with Gasteiger partial charge in [0.05, 0.1) is 17.8 Å². The third kappa shape index (κ3) is 4.05. The summed E-state index contributed by atoms with van der Waals surface area (Å²) in [7, 11) is 0. The predicted octanol–water partition coefficient (Wildman–Crippen LogP) is 6.07. The number of carbonyl (C=O) groups excluding carboxylic acids is 1. The van der Waals surface area contributed by atoms with Gasteiger partial charge in [0.2, 0.25) is 5.91 Å². The SMILES string of the molecule is CC(=O)N1Cc2cc(-c3ccc(C(F)(F)F)cn3)ccc2CCc2cc(Cl)ccc21. The number of anilines is 1. The highest BCUT2D eigenvalue weighted by Gasteiger charge is 2.30. The van der Waals surface area contributed by atoms with E-state index in [1.807, 2.05) is 30.3 Å². The largest absolute Gasteiger partial charge is 0.417 e. The quantitative estimate of drug-likeness (QED) is 0.469. The first-order valence-electron chi connectivity index (χ1n) is 9.44. The van der Waals surface area contributed by atoms with Gasteiger partial charge in [-0.3, -0.25) is 9.78 Å². The van der Waals surface area contributed by atoms with Crippen LogP contribution in [0.4, 0.5) is 18.9 Å². The maximum atomic E-state index is 12.8. The molecular formula is C23H18ClF3N2O. The fourth-order valence-electron chi connectivity index (χ4n) is 3.73. The van der Waals surface area contributed by atoms with Gasteiger partial charge in [-0.15, -0.1) is 0 Å². The summed E-state index contributed by atoms with van der Waals surface area (Å²) < 4.78 is 38.4. The highest BCUT2D eigenvalue weighted by Crippen LogP contribution is 2.33. The molecule has 1 aliphatic heterocycles. The minimum absolute atomic E-state index is 0.0931. The lowest BCUT2D eigenvalue weighted by Crippen LogP contribution is -2.30. The van der Waals surface area contributed by atoms with E-state index in [1.54, 1.807) is 11.0 Å². The Labute approximate surface area is 177 Å². The molecule has 7 heteroatoms. The summed E-state index contributed by atoms with van der Waals surface area (Å²) >= 11 is 6.15. The van der Waals surface area contributed by atoms with E-state index in [9.17, 15) is 18.0 Å². The van der Waals surface area contributed by atoms with Crippen molar-refractivity contribution in [3.8, 4) is 11.3 Å². The van der Waals surface area contributed by atoms with Crippen LogP contribution in [-0.4, -0.2) is 10.9 Å². The molecule has 1 aliphatic rings. The third-order valence-corrected chi connectivity index (χ3v) is 5.53. The molecule has 0 fully saturated rings. The van der Waals surface area contributed by atoms with Crippen LogP contribution < -0.4 is 4.90 Å². The average Bonchev–Trinajstić information content (AvgIpc) is 2.69. The number of fused-ring (bicyclic) bond motifs is 2. The maximum absolute atomic E-state index is 12.8. The van der Waals surface area contributed by atoms with Crippen LogP contribution in [0.3, 0.4) is 0 Å². The molecule has 3 nitrogen and oxygen atoms in total. The van der Waals surface area contributed by atoms with Gasteiger partial charge >= 0.3 is 6.18 Å². The number of carbonyl (C=O) groups is 1. The molecule has 0 aliphatic carbocycles. The molecule has 0 spiro atoms. The van der Waals surface area contributed by atoms with Crippen molar-refractivity contribution in [2.75, 3.05) is 4.90 Å². The van der Waals surface area contributed by atoms with Gasteiger partial charge in [0.1, 0.15) is 0 Å². The zero-order valence-electron chi connectivity index (χ0n) is 16.1. The van der Waals surface area contributed by atoms with Crippen molar-refractivity contribution in [1.29, 1.82) is 0 Å². The summed E-state index contributed by atoms with van der Waals surface area (Å²) in [5, 5.41) is 0.627. The van der Waals surface area contributed by atoms with E-state index in [4.69, 9.17) is 11.6 Å². The Morgan fingerprint density at radius 2 is 1.77 bits per heavy atom. The number of rotatable bonds is 1. The monoisotopic (exact) mass is 430 g/mol. The van der Waals surface area contributed by atoms with Gasteiger partial charge in [0.25, 0.3) is 0 Å². The van der Waals surface area contributed by atoms with E-state index in [-0.39, 0.29) is 5.91 Å².